The maximum atomic E-state index is 11.8. The highest BCUT2D eigenvalue weighted by molar-refractivity contribution is 5.94. The van der Waals surface area contributed by atoms with Crippen LogP contribution < -0.4 is 11.1 Å². The van der Waals surface area contributed by atoms with Gasteiger partial charge in [-0.3, -0.25) is 4.79 Å². The predicted octanol–water partition coefficient (Wildman–Crippen LogP) is 1.70. The minimum Gasteiger partial charge on any atom is -0.319 e. The Labute approximate surface area is 96.3 Å². The lowest BCUT2D eigenvalue weighted by Crippen LogP contribution is -2.45. The van der Waals surface area contributed by atoms with E-state index in [2.05, 4.69) is 10.3 Å². The molecule has 1 amide bonds. The van der Waals surface area contributed by atoms with Gasteiger partial charge in [-0.2, -0.15) is 0 Å². The number of aryl methyl sites for hydroxylation is 1. The van der Waals surface area contributed by atoms with Crippen LogP contribution in [0.25, 0.3) is 0 Å². The lowest BCUT2D eigenvalue weighted by Gasteiger charge is -2.25. The largest absolute Gasteiger partial charge is 0.319 e. The van der Waals surface area contributed by atoms with E-state index in [4.69, 9.17) is 5.73 Å². The number of hydrogen-bond acceptors (Lipinski definition) is 3. The molecule has 4 heteroatoms. The van der Waals surface area contributed by atoms with Crippen molar-refractivity contribution in [2.24, 2.45) is 11.1 Å². The van der Waals surface area contributed by atoms with E-state index in [0.29, 0.717) is 5.82 Å². The first-order chi connectivity index (χ1) is 7.30. The Kier molecular flexibility index (Phi) is 3.65. The van der Waals surface area contributed by atoms with Gasteiger partial charge in [0.15, 0.2) is 0 Å². The van der Waals surface area contributed by atoms with Crippen LogP contribution in [0.4, 0.5) is 5.82 Å². The molecule has 0 spiro atoms. The summed E-state index contributed by atoms with van der Waals surface area (Å²) in [7, 11) is 0. The molecule has 0 unspecified atom stereocenters. The third-order valence-corrected chi connectivity index (χ3v) is 2.38. The van der Waals surface area contributed by atoms with Gasteiger partial charge in [-0.25, -0.2) is 4.98 Å². The van der Waals surface area contributed by atoms with Gasteiger partial charge in [0.2, 0.25) is 5.91 Å². The van der Waals surface area contributed by atoms with E-state index >= 15 is 0 Å². The zero-order chi connectivity index (χ0) is 12.3. The normalized spacial score (nSPS) is 13.3. The Morgan fingerprint density at radius 1 is 1.44 bits per heavy atom. The van der Waals surface area contributed by atoms with Gasteiger partial charge in [-0.1, -0.05) is 26.8 Å². The van der Waals surface area contributed by atoms with Gasteiger partial charge in [0.25, 0.3) is 0 Å². The van der Waals surface area contributed by atoms with E-state index in [1.165, 1.54) is 0 Å². The molecule has 88 valence electrons. The zero-order valence-electron chi connectivity index (χ0n) is 10.2. The third-order valence-electron chi connectivity index (χ3n) is 2.38. The number of hydrogen-bond donors (Lipinski definition) is 2. The maximum absolute atomic E-state index is 11.8. The Morgan fingerprint density at radius 2 is 2.06 bits per heavy atom. The van der Waals surface area contributed by atoms with Crippen LogP contribution in [0.2, 0.25) is 0 Å². The van der Waals surface area contributed by atoms with Crippen molar-refractivity contribution in [3.63, 3.8) is 0 Å². The van der Waals surface area contributed by atoms with Crippen molar-refractivity contribution in [2.45, 2.75) is 33.7 Å². The monoisotopic (exact) mass is 221 g/mol. The number of amides is 1. The molecule has 0 aliphatic rings. The van der Waals surface area contributed by atoms with Gasteiger partial charge in [-0.15, -0.1) is 0 Å². The first-order valence-corrected chi connectivity index (χ1v) is 5.30. The van der Waals surface area contributed by atoms with Gasteiger partial charge in [0.05, 0.1) is 6.04 Å². The van der Waals surface area contributed by atoms with Crippen LogP contribution in [0.1, 0.15) is 26.3 Å². The van der Waals surface area contributed by atoms with Crippen LogP contribution in [0.5, 0.6) is 0 Å². The molecule has 0 aliphatic heterocycles. The van der Waals surface area contributed by atoms with Crippen molar-refractivity contribution < 1.29 is 4.79 Å². The summed E-state index contributed by atoms with van der Waals surface area (Å²) < 4.78 is 0. The number of rotatable bonds is 2. The predicted molar refractivity (Wildman–Crippen MR) is 65.0 cm³/mol. The van der Waals surface area contributed by atoms with E-state index < -0.39 is 6.04 Å². The highest BCUT2D eigenvalue weighted by Gasteiger charge is 2.27. The second kappa shape index (κ2) is 4.61. The SMILES string of the molecule is Cc1ccc(NC(=O)[C@H](N)C(C)(C)C)nc1. The summed E-state index contributed by atoms with van der Waals surface area (Å²) in [5.74, 6) is 0.333. The van der Waals surface area contributed by atoms with Crippen LogP contribution >= 0.6 is 0 Å². The number of carbonyl (C=O) groups excluding carboxylic acids is 1. The van der Waals surface area contributed by atoms with Crippen molar-refractivity contribution in [1.29, 1.82) is 0 Å². The molecular weight excluding hydrogens is 202 g/mol. The number of carbonyl (C=O) groups is 1. The second-order valence-corrected chi connectivity index (χ2v) is 5.05. The van der Waals surface area contributed by atoms with E-state index in [1.54, 1.807) is 12.3 Å². The van der Waals surface area contributed by atoms with Crippen molar-refractivity contribution >= 4 is 11.7 Å². The topological polar surface area (TPSA) is 68.0 Å². The van der Waals surface area contributed by atoms with Gasteiger partial charge in [0.1, 0.15) is 5.82 Å². The summed E-state index contributed by atoms with van der Waals surface area (Å²) in [6.07, 6.45) is 1.71. The quantitative estimate of drug-likeness (QED) is 0.798. The standard InChI is InChI=1S/C12H19N3O/c1-8-5-6-9(14-7-8)15-11(16)10(13)12(2,3)4/h5-7,10H,13H2,1-4H3,(H,14,15,16)/t10-/m0/s1. The van der Waals surface area contributed by atoms with E-state index in [1.807, 2.05) is 33.8 Å². The Hall–Kier alpha value is -1.42. The lowest BCUT2D eigenvalue weighted by molar-refractivity contribution is -0.119. The van der Waals surface area contributed by atoms with Gasteiger partial charge >= 0.3 is 0 Å². The summed E-state index contributed by atoms with van der Waals surface area (Å²) in [5, 5.41) is 2.70. The third kappa shape index (κ3) is 3.31. The molecule has 0 fully saturated rings. The van der Waals surface area contributed by atoms with Crippen LogP contribution in [0, 0.1) is 12.3 Å². The summed E-state index contributed by atoms with van der Waals surface area (Å²) in [4.78, 5) is 15.9. The Morgan fingerprint density at radius 3 is 2.50 bits per heavy atom. The van der Waals surface area contributed by atoms with Crippen LogP contribution in [0.3, 0.4) is 0 Å². The number of aromatic nitrogens is 1. The van der Waals surface area contributed by atoms with E-state index in [0.717, 1.165) is 5.56 Å². The van der Waals surface area contributed by atoms with Crippen LogP contribution in [-0.4, -0.2) is 16.9 Å². The molecule has 0 saturated heterocycles. The molecule has 1 aromatic heterocycles. The number of nitrogens with one attached hydrogen (secondary N) is 1. The number of nitrogens with zero attached hydrogens (tertiary/aromatic N) is 1. The molecule has 0 radical (unpaired) electrons. The molecule has 16 heavy (non-hydrogen) atoms. The molecular formula is C12H19N3O. The average Bonchev–Trinajstić information content (AvgIpc) is 2.19. The summed E-state index contributed by atoms with van der Waals surface area (Å²) in [6.45, 7) is 7.74. The highest BCUT2D eigenvalue weighted by atomic mass is 16.2. The minimum atomic E-state index is -0.546. The molecule has 1 atom stereocenters. The number of nitrogens with two attached hydrogens (primary N) is 1. The number of anilines is 1. The smallest absolute Gasteiger partial charge is 0.242 e. The minimum absolute atomic E-state index is 0.205. The molecule has 4 nitrogen and oxygen atoms in total. The fourth-order valence-electron chi connectivity index (χ4n) is 1.14. The molecule has 0 saturated carbocycles. The summed E-state index contributed by atoms with van der Waals surface area (Å²) in [5.41, 5.74) is 6.63. The van der Waals surface area contributed by atoms with Crippen molar-refractivity contribution in [2.75, 3.05) is 5.32 Å². The van der Waals surface area contributed by atoms with Gasteiger partial charge in [-0.05, 0) is 24.0 Å². The summed E-state index contributed by atoms with van der Waals surface area (Å²) in [6, 6.07) is 3.11. The molecule has 1 heterocycles. The van der Waals surface area contributed by atoms with Gasteiger partial charge in [0, 0.05) is 6.20 Å². The molecule has 1 rings (SSSR count). The molecule has 0 bridgehead atoms. The van der Waals surface area contributed by atoms with Gasteiger partial charge < -0.3 is 11.1 Å². The lowest BCUT2D eigenvalue weighted by atomic mass is 9.87. The molecule has 1 aromatic rings. The van der Waals surface area contributed by atoms with E-state index in [-0.39, 0.29) is 11.3 Å². The van der Waals surface area contributed by atoms with Crippen molar-refractivity contribution in [3.05, 3.63) is 23.9 Å². The Balaban J connectivity index is 2.68. The first-order valence-electron chi connectivity index (χ1n) is 5.30. The first kappa shape index (κ1) is 12.6. The molecule has 0 aromatic carbocycles. The molecule has 0 aliphatic carbocycles. The number of pyridine rings is 1. The fraction of sp³-hybridized carbons (Fsp3) is 0.500. The van der Waals surface area contributed by atoms with Crippen molar-refractivity contribution in [1.82, 2.24) is 4.98 Å². The van der Waals surface area contributed by atoms with Crippen LogP contribution in [-0.2, 0) is 4.79 Å². The maximum Gasteiger partial charge on any atom is 0.242 e. The fourth-order valence-corrected chi connectivity index (χ4v) is 1.14. The summed E-state index contributed by atoms with van der Waals surface area (Å²) >= 11 is 0. The highest BCUT2D eigenvalue weighted by Crippen LogP contribution is 2.18. The average molecular weight is 221 g/mol. The van der Waals surface area contributed by atoms with Crippen molar-refractivity contribution in [3.8, 4) is 0 Å². The van der Waals surface area contributed by atoms with E-state index in [9.17, 15) is 4.79 Å². The van der Waals surface area contributed by atoms with Crippen LogP contribution in [0.15, 0.2) is 18.3 Å². The second-order valence-electron chi connectivity index (χ2n) is 5.05. The Bertz CT molecular complexity index is 365. The zero-order valence-corrected chi connectivity index (χ0v) is 10.2. The molecule has 3 N–H and O–H groups in total.